The van der Waals surface area contributed by atoms with Gasteiger partial charge in [-0.25, -0.2) is 9.97 Å². The lowest BCUT2D eigenvalue weighted by Crippen LogP contribution is -2.01. The van der Waals surface area contributed by atoms with E-state index in [2.05, 4.69) is 19.9 Å². The van der Waals surface area contributed by atoms with Gasteiger partial charge in [0, 0.05) is 13.1 Å². The van der Waals surface area contributed by atoms with E-state index in [4.69, 9.17) is 0 Å². The van der Waals surface area contributed by atoms with Gasteiger partial charge >= 0.3 is 6.18 Å². The summed E-state index contributed by atoms with van der Waals surface area (Å²) in [6, 6.07) is 15.9. The molecule has 138 valence electrons. The van der Waals surface area contributed by atoms with E-state index in [-0.39, 0.29) is 5.13 Å². The second-order valence-electron chi connectivity index (χ2n) is 6.06. The molecule has 4 aromatic rings. The number of aromatic nitrogens is 3. The lowest BCUT2D eigenvalue weighted by Gasteiger charge is -2.07. The number of thiazole rings is 1. The molecule has 0 radical (unpaired) electrons. The summed E-state index contributed by atoms with van der Waals surface area (Å²) < 4.78 is 39.9. The smallest absolute Gasteiger partial charge is 0.357 e. The summed E-state index contributed by atoms with van der Waals surface area (Å²) in [5.74, 6) is 0. The lowest BCUT2D eigenvalue weighted by molar-refractivity contribution is -0.134. The van der Waals surface area contributed by atoms with Crippen LogP contribution in [0.1, 0.15) is 16.0 Å². The number of hydrogen-bond donors (Lipinski definition) is 1. The van der Waals surface area contributed by atoms with Crippen LogP contribution in [0.5, 0.6) is 0 Å². The highest BCUT2D eigenvalue weighted by Crippen LogP contribution is 2.35. The van der Waals surface area contributed by atoms with Crippen LogP contribution in [0.25, 0.3) is 11.0 Å². The van der Waals surface area contributed by atoms with Gasteiger partial charge < -0.3 is 9.88 Å². The van der Waals surface area contributed by atoms with Crippen LogP contribution < -0.4 is 5.32 Å². The van der Waals surface area contributed by atoms with E-state index < -0.39 is 11.1 Å². The molecule has 0 saturated heterocycles. The van der Waals surface area contributed by atoms with Gasteiger partial charge in [-0.1, -0.05) is 47.7 Å². The number of halogens is 3. The minimum absolute atomic E-state index is 0.260. The van der Waals surface area contributed by atoms with E-state index in [9.17, 15) is 13.2 Å². The molecule has 4 nitrogen and oxygen atoms in total. The Labute approximate surface area is 157 Å². The molecule has 0 bridgehead atoms. The molecular formula is C19H15F3N4S. The van der Waals surface area contributed by atoms with Gasteiger partial charge in [0.1, 0.15) is 4.88 Å². The van der Waals surface area contributed by atoms with E-state index in [0.717, 1.165) is 28.4 Å². The SMILES string of the molecule is FC(F)(F)c1cnc(NCc2ccc(Cn3cnc4ccccc43)cc2)s1. The number of fused-ring (bicyclic) bond motifs is 1. The molecule has 0 spiro atoms. The maximum absolute atomic E-state index is 12.6. The summed E-state index contributed by atoms with van der Waals surface area (Å²) in [6.07, 6.45) is -1.68. The highest BCUT2D eigenvalue weighted by Gasteiger charge is 2.33. The molecule has 0 unspecified atom stereocenters. The molecule has 0 aliphatic heterocycles. The Kier molecular flexibility index (Phi) is 4.57. The van der Waals surface area contributed by atoms with Crippen molar-refractivity contribution in [3.63, 3.8) is 0 Å². The molecule has 1 N–H and O–H groups in total. The number of rotatable bonds is 5. The van der Waals surface area contributed by atoms with Crippen molar-refractivity contribution in [3.05, 3.63) is 77.1 Å². The fraction of sp³-hybridized carbons (Fsp3) is 0.158. The average Bonchev–Trinajstić information content (AvgIpc) is 3.29. The Morgan fingerprint density at radius 1 is 0.963 bits per heavy atom. The zero-order valence-electron chi connectivity index (χ0n) is 14.1. The van der Waals surface area contributed by atoms with Crippen molar-refractivity contribution in [1.82, 2.24) is 14.5 Å². The van der Waals surface area contributed by atoms with Gasteiger partial charge in [-0.2, -0.15) is 13.2 Å². The third-order valence-electron chi connectivity index (χ3n) is 4.13. The molecule has 0 aliphatic carbocycles. The number of anilines is 1. The molecule has 2 heterocycles. The maximum atomic E-state index is 12.6. The zero-order valence-corrected chi connectivity index (χ0v) is 14.9. The third kappa shape index (κ3) is 3.95. The van der Waals surface area contributed by atoms with E-state index in [1.54, 1.807) is 0 Å². The van der Waals surface area contributed by atoms with Gasteiger partial charge in [-0.3, -0.25) is 0 Å². The number of para-hydroxylation sites is 2. The first-order valence-electron chi connectivity index (χ1n) is 8.23. The monoisotopic (exact) mass is 388 g/mol. The third-order valence-corrected chi connectivity index (χ3v) is 5.13. The first-order valence-corrected chi connectivity index (χ1v) is 9.05. The van der Waals surface area contributed by atoms with E-state index in [1.165, 1.54) is 0 Å². The number of nitrogens with zero attached hydrogens (tertiary/aromatic N) is 3. The Bertz CT molecular complexity index is 1050. The summed E-state index contributed by atoms with van der Waals surface area (Å²) in [4.78, 5) is 7.45. The van der Waals surface area contributed by atoms with Gasteiger partial charge in [0.15, 0.2) is 5.13 Å². The van der Waals surface area contributed by atoms with Crippen LogP contribution in [0.3, 0.4) is 0 Å². The lowest BCUT2D eigenvalue weighted by atomic mass is 10.1. The molecule has 27 heavy (non-hydrogen) atoms. The van der Waals surface area contributed by atoms with Crippen molar-refractivity contribution in [1.29, 1.82) is 0 Å². The minimum atomic E-state index is -4.35. The van der Waals surface area contributed by atoms with Crippen LogP contribution in [-0.4, -0.2) is 14.5 Å². The summed E-state index contributed by atoms with van der Waals surface area (Å²) >= 11 is 0.609. The van der Waals surface area contributed by atoms with E-state index >= 15 is 0 Å². The zero-order chi connectivity index (χ0) is 18.9. The van der Waals surface area contributed by atoms with Gasteiger partial charge in [0.2, 0.25) is 0 Å². The molecular weight excluding hydrogens is 373 g/mol. The fourth-order valence-corrected chi connectivity index (χ4v) is 3.44. The summed E-state index contributed by atoms with van der Waals surface area (Å²) in [7, 11) is 0. The highest BCUT2D eigenvalue weighted by molar-refractivity contribution is 7.15. The molecule has 0 amide bonds. The standard InChI is InChI=1S/C19H15F3N4S/c20-19(21,22)17-10-24-18(27-17)23-9-13-5-7-14(8-6-13)11-26-12-25-15-3-1-2-4-16(15)26/h1-8,10,12H,9,11H2,(H,23,24). The first-order chi connectivity index (χ1) is 13.0. The maximum Gasteiger partial charge on any atom is 0.427 e. The molecule has 0 fully saturated rings. The Morgan fingerprint density at radius 2 is 1.70 bits per heavy atom. The molecule has 0 saturated carbocycles. The van der Waals surface area contributed by atoms with Crippen molar-refractivity contribution in [2.45, 2.75) is 19.3 Å². The average molecular weight is 388 g/mol. The molecule has 2 aromatic heterocycles. The predicted molar refractivity (Wildman–Crippen MR) is 99.7 cm³/mol. The second kappa shape index (κ2) is 7.03. The first kappa shape index (κ1) is 17.5. The second-order valence-corrected chi connectivity index (χ2v) is 7.09. The number of imidazole rings is 1. The van der Waals surface area contributed by atoms with Crippen LogP contribution in [0.4, 0.5) is 18.3 Å². The van der Waals surface area contributed by atoms with Crippen molar-refractivity contribution in [3.8, 4) is 0 Å². The minimum Gasteiger partial charge on any atom is -0.357 e. The summed E-state index contributed by atoms with van der Waals surface area (Å²) in [5.41, 5.74) is 4.13. The Balaban J connectivity index is 1.39. The van der Waals surface area contributed by atoms with Crippen molar-refractivity contribution >= 4 is 27.5 Å². The van der Waals surface area contributed by atoms with Crippen molar-refractivity contribution in [2.75, 3.05) is 5.32 Å². The number of nitrogens with one attached hydrogen (secondary N) is 1. The van der Waals surface area contributed by atoms with Crippen LogP contribution >= 0.6 is 11.3 Å². The largest absolute Gasteiger partial charge is 0.427 e. The summed E-state index contributed by atoms with van der Waals surface area (Å²) in [6.45, 7) is 1.12. The quantitative estimate of drug-likeness (QED) is 0.513. The molecule has 0 aliphatic rings. The number of benzene rings is 2. The Hall–Kier alpha value is -2.87. The molecule has 8 heteroatoms. The van der Waals surface area contributed by atoms with E-state index in [1.807, 2.05) is 54.9 Å². The Morgan fingerprint density at radius 3 is 2.44 bits per heavy atom. The summed E-state index contributed by atoms with van der Waals surface area (Å²) in [5, 5.41) is 3.20. The topological polar surface area (TPSA) is 42.7 Å². The molecule has 4 rings (SSSR count). The fourth-order valence-electron chi connectivity index (χ4n) is 2.76. The van der Waals surface area contributed by atoms with Crippen LogP contribution in [0, 0.1) is 0 Å². The van der Waals surface area contributed by atoms with Gasteiger partial charge in [-0.15, -0.1) is 0 Å². The molecule has 2 aromatic carbocycles. The van der Waals surface area contributed by atoms with E-state index in [0.29, 0.717) is 24.4 Å². The predicted octanol–water partition coefficient (Wildman–Crippen LogP) is 5.17. The van der Waals surface area contributed by atoms with Gasteiger partial charge in [0.25, 0.3) is 0 Å². The normalized spacial score (nSPS) is 11.8. The molecule has 0 atom stereocenters. The van der Waals surface area contributed by atoms with Crippen molar-refractivity contribution < 1.29 is 13.2 Å². The van der Waals surface area contributed by atoms with Gasteiger partial charge in [0.05, 0.1) is 23.6 Å². The van der Waals surface area contributed by atoms with Crippen LogP contribution in [0.15, 0.2) is 61.1 Å². The van der Waals surface area contributed by atoms with Crippen molar-refractivity contribution in [2.24, 2.45) is 0 Å². The van der Waals surface area contributed by atoms with Crippen LogP contribution in [-0.2, 0) is 19.3 Å². The van der Waals surface area contributed by atoms with Gasteiger partial charge in [-0.05, 0) is 23.3 Å². The highest BCUT2D eigenvalue weighted by atomic mass is 32.1. The number of alkyl halides is 3. The number of hydrogen-bond acceptors (Lipinski definition) is 4. The van der Waals surface area contributed by atoms with Crippen LogP contribution in [0.2, 0.25) is 0 Å².